The number of hydrogen-bond acceptors (Lipinski definition) is 4. The molecule has 1 aliphatic carbocycles. The van der Waals surface area contributed by atoms with Gasteiger partial charge in [-0.15, -0.1) is 0 Å². The molecule has 166 valence electrons. The summed E-state index contributed by atoms with van der Waals surface area (Å²) in [6.07, 6.45) is 4.24. The normalized spacial score (nSPS) is 19.0. The third kappa shape index (κ3) is 5.36. The number of rotatable bonds is 8. The second kappa shape index (κ2) is 10.3. The van der Waals surface area contributed by atoms with E-state index >= 15 is 0 Å². The van der Waals surface area contributed by atoms with Crippen molar-refractivity contribution in [2.24, 2.45) is 11.8 Å². The van der Waals surface area contributed by atoms with Crippen LogP contribution in [0.4, 0.5) is 0 Å². The van der Waals surface area contributed by atoms with Gasteiger partial charge in [0.15, 0.2) is 0 Å². The summed E-state index contributed by atoms with van der Waals surface area (Å²) in [7, 11) is -3.66. The molecule has 3 aromatic carbocycles. The zero-order valence-electron chi connectivity index (χ0n) is 18.1. The molecule has 0 bridgehead atoms. The third-order valence-corrected chi connectivity index (χ3v) is 7.94. The van der Waals surface area contributed by atoms with Crippen LogP contribution < -0.4 is 10.0 Å². The van der Waals surface area contributed by atoms with Crippen molar-refractivity contribution in [1.29, 1.82) is 5.26 Å². The Morgan fingerprint density at radius 3 is 2.28 bits per heavy atom. The van der Waals surface area contributed by atoms with Gasteiger partial charge < -0.3 is 5.32 Å². The van der Waals surface area contributed by atoms with Crippen LogP contribution >= 0.6 is 0 Å². The summed E-state index contributed by atoms with van der Waals surface area (Å²) in [4.78, 5) is 0.0637. The molecule has 6 heteroatoms. The Morgan fingerprint density at radius 1 is 0.844 bits per heavy atom. The maximum atomic E-state index is 12.6. The van der Waals surface area contributed by atoms with Crippen LogP contribution in [0.25, 0.3) is 10.8 Å². The standard InChI is InChI=1S/C26H29N3O2S/c27-16-23-7-2-4-11-26(23)32(30,31)29-18-21-14-12-20(13-15-21)17-28-19-24-9-5-8-22-6-1-3-10-25(22)24/h1-11,20-21,28-29H,12-15,17-19H2. The van der Waals surface area contributed by atoms with E-state index in [1.807, 2.05) is 6.07 Å². The fourth-order valence-corrected chi connectivity index (χ4v) is 5.87. The monoisotopic (exact) mass is 447 g/mol. The van der Waals surface area contributed by atoms with Gasteiger partial charge in [0.1, 0.15) is 6.07 Å². The predicted octanol–water partition coefficient (Wildman–Crippen LogP) is 4.59. The Hall–Kier alpha value is -2.72. The van der Waals surface area contributed by atoms with Crippen molar-refractivity contribution in [3.63, 3.8) is 0 Å². The summed E-state index contributed by atoms with van der Waals surface area (Å²) in [5, 5.41) is 15.4. The average Bonchev–Trinajstić information content (AvgIpc) is 2.84. The van der Waals surface area contributed by atoms with E-state index in [0.717, 1.165) is 38.8 Å². The fraction of sp³-hybridized carbons (Fsp3) is 0.346. The Bertz CT molecular complexity index is 1200. The van der Waals surface area contributed by atoms with Crippen LogP contribution in [0.3, 0.4) is 0 Å². The lowest BCUT2D eigenvalue weighted by Gasteiger charge is -2.29. The van der Waals surface area contributed by atoms with Gasteiger partial charge in [0.25, 0.3) is 0 Å². The summed E-state index contributed by atoms with van der Waals surface area (Å²) in [5.41, 5.74) is 1.50. The fourth-order valence-electron chi connectivity index (χ4n) is 4.60. The number of nitrogens with one attached hydrogen (secondary N) is 2. The highest BCUT2D eigenvalue weighted by molar-refractivity contribution is 7.89. The Kier molecular flexibility index (Phi) is 7.21. The van der Waals surface area contributed by atoms with E-state index in [-0.39, 0.29) is 10.5 Å². The highest BCUT2D eigenvalue weighted by Crippen LogP contribution is 2.28. The lowest BCUT2D eigenvalue weighted by Crippen LogP contribution is -2.33. The van der Waals surface area contributed by atoms with E-state index < -0.39 is 10.0 Å². The molecule has 0 saturated heterocycles. The van der Waals surface area contributed by atoms with Gasteiger partial charge in [0, 0.05) is 13.1 Å². The predicted molar refractivity (Wildman–Crippen MR) is 127 cm³/mol. The van der Waals surface area contributed by atoms with Crippen molar-refractivity contribution in [2.75, 3.05) is 13.1 Å². The van der Waals surface area contributed by atoms with Gasteiger partial charge in [0.05, 0.1) is 10.5 Å². The summed E-state index contributed by atoms with van der Waals surface area (Å²) in [6, 6.07) is 23.2. The summed E-state index contributed by atoms with van der Waals surface area (Å²) < 4.78 is 28.0. The van der Waals surface area contributed by atoms with Crippen LogP contribution in [-0.2, 0) is 16.6 Å². The number of fused-ring (bicyclic) bond motifs is 1. The number of sulfonamides is 1. The minimum atomic E-state index is -3.66. The zero-order chi connectivity index (χ0) is 22.4. The van der Waals surface area contributed by atoms with Crippen molar-refractivity contribution in [2.45, 2.75) is 37.1 Å². The Morgan fingerprint density at radius 2 is 1.50 bits per heavy atom. The SMILES string of the molecule is N#Cc1ccccc1S(=O)(=O)NCC1CCC(CNCc2cccc3ccccc23)CC1. The van der Waals surface area contributed by atoms with Gasteiger partial charge in [-0.3, -0.25) is 0 Å². The number of nitrogens with zero attached hydrogens (tertiary/aromatic N) is 1. The smallest absolute Gasteiger partial charge is 0.241 e. The van der Waals surface area contributed by atoms with Crippen LogP contribution in [0.2, 0.25) is 0 Å². The molecule has 32 heavy (non-hydrogen) atoms. The average molecular weight is 448 g/mol. The topological polar surface area (TPSA) is 82.0 Å². The van der Waals surface area contributed by atoms with Crippen molar-refractivity contribution in [1.82, 2.24) is 10.0 Å². The highest BCUT2D eigenvalue weighted by atomic mass is 32.2. The van der Waals surface area contributed by atoms with E-state index in [1.54, 1.807) is 12.1 Å². The number of hydrogen-bond donors (Lipinski definition) is 2. The van der Waals surface area contributed by atoms with Gasteiger partial charge >= 0.3 is 0 Å². The van der Waals surface area contributed by atoms with E-state index in [2.05, 4.69) is 52.5 Å². The maximum absolute atomic E-state index is 12.6. The van der Waals surface area contributed by atoms with Crippen molar-refractivity contribution < 1.29 is 8.42 Å². The molecular formula is C26H29N3O2S. The molecule has 4 rings (SSSR count). The van der Waals surface area contributed by atoms with Crippen LogP contribution in [0, 0.1) is 23.2 Å². The van der Waals surface area contributed by atoms with E-state index in [0.29, 0.717) is 18.4 Å². The molecule has 1 aliphatic rings. The number of nitriles is 1. The first-order valence-corrected chi connectivity index (χ1v) is 12.7. The van der Waals surface area contributed by atoms with Crippen LogP contribution in [0.5, 0.6) is 0 Å². The second-order valence-corrected chi connectivity index (χ2v) is 10.4. The maximum Gasteiger partial charge on any atom is 0.241 e. The molecule has 2 N–H and O–H groups in total. The third-order valence-electron chi connectivity index (χ3n) is 6.45. The van der Waals surface area contributed by atoms with Gasteiger partial charge in [-0.05, 0) is 72.5 Å². The first-order chi connectivity index (χ1) is 15.6. The molecule has 5 nitrogen and oxygen atoms in total. The largest absolute Gasteiger partial charge is 0.312 e. The lowest BCUT2D eigenvalue weighted by molar-refractivity contribution is 0.268. The number of benzene rings is 3. The zero-order valence-corrected chi connectivity index (χ0v) is 18.9. The highest BCUT2D eigenvalue weighted by Gasteiger charge is 2.24. The molecule has 1 saturated carbocycles. The van der Waals surface area contributed by atoms with Crippen molar-refractivity contribution in [3.8, 4) is 6.07 Å². The molecular weight excluding hydrogens is 418 g/mol. The first kappa shape index (κ1) is 22.5. The van der Waals surface area contributed by atoms with E-state index in [1.165, 1.54) is 28.5 Å². The molecule has 0 atom stereocenters. The minimum absolute atomic E-state index is 0.0637. The molecule has 0 radical (unpaired) electrons. The van der Waals surface area contributed by atoms with Gasteiger partial charge in [-0.1, -0.05) is 54.6 Å². The Balaban J connectivity index is 1.23. The molecule has 0 amide bonds. The quantitative estimate of drug-likeness (QED) is 0.529. The molecule has 1 fully saturated rings. The van der Waals surface area contributed by atoms with Crippen LogP contribution in [0.1, 0.15) is 36.8 Å². The van der Waals surface area contributed by atoms with Gasteiger partial charge in [0.2, 0.25) is 10.0 Å². The van der Waals surface area contributed by atoms with Crippen LogP contribution in [-0.4, -0.2) is 21.5 Å². The first-order valence-electron chi connectivity index (χ1n) is 11.2. The molecule has 3 aromatic rings. The summed E-state index contributed by atoms with van der Waals surface area (Å²) in [5.74, 6) is 0.963. The summed E-state index contributed by atoms with van der Waals surface area (Å²) in [6.45, 7) is 2.27. The van der Waals surface area contributed by atoms with E-state index in [9.17, 15) is 13.7 Å². The van der Waals surface area contributed by atoms with Gasteiger partial charge in [-0.2, -0.15) is 5.26 Å². The van der Waals surface area contributed by atoms with Crippen molar-refractivity contribution >= 4 is 20.8 Å². The second-order valence-electron chi connectivity index (χ2n) is 8.62. The van der Waals surface area contributed by atoms with E-state index in [4.69, 9.17) is 0 Å². The van der Waals surface area contributed by atoms with Crippen LogP contribution in [0.15, 0.2) is 71.6 Å². The molecule has 0 heterocycles. The van der Waals surface area contributed by atoms with Gasteiger partial charge in [-0.25, -0.2) is 13.1 Å². The minimum Gasteiger partial charge on any atom is -0.312 e. The molecule has 0 unspecified atom stereocenters. The lowest BCUT2D eigenvalue weighted by atomic mass is 9.82. The summed E-state index contributed by atoms with van der Waals surface area (Å²) >= 11 is 0. The Labute approximate surface area is 190 Å². The van der Waals surface area contributed by atoms with Crippen molar-refractivity contribution in [3.05, 3.63) is 77.9 Å². The molecule has 0 aromatic heterocycles. The molecule has 0 spiro atoms. The molecule has 0 aliphatic heterocycles.